The molecule has 0 spiro atoms. The van der Waals surface area contributed by atoms with Crippen molar-refractivity contribution in [2.75, 3.05) is 5.32 Å². The van der Waals surface area contributed by atoms with Crippen molar-refractivity contribution in [3.63, 3.8) is 0 Å². The molecular weight excluding hydrogens is 284 g/mol. The van der Waals surface area contributed by atoms with Crippen molar-refractivity contribution >= 4 is 38.8 Å². The Balaban J connectivity index is 2.14. The minimum absolute atomic E-state index is 0.624. The third kappa shape index (κ3) is 2.87. The van der Waals surface area contributed by atoms with Crippen LogP contribution in [0.1, 0.15) is 5.69 Å². The molecule has 0 radical (unpaired) electrons. The first-order valence-electron chi connectivity index (χ1n) is 4.73. The first-order chi connectivity index (χ1) is 7.75. The van der Waals surface area contributed by atoms with E-state index in [1.165, 1.54) is 0 Å². The first-order valence-corrected chi connectivity index (χ1v) is 5.94. The first kappa shape index (κ1) is 11.2. The van der Waals surface area contributed by atoms with E-state index in [4.69, 9.17) is 12.2 Å². The summed E-state index contributed by atoms with van der Waals surface area (Å²) in [6, 6.07) is 13.5. The van der Waals surface area contributed by atoms with Crippen molar-refractivity contribution in [1.82, 2.24) is 4.98 Å². The molecule has 0 amide bonds. The number of aromatic nitrogens is 1. The second kappa shape index (κ2) is 5.18. The van der Waals surface area contributed by atoms with E-state index in [2.05, 4.69) is 26.2 Å². The summed E-state index contributed by atoms with van der Waals surface area (Å²) < 4.78 is 1.02. The van der Waals surface area contributed by atoms with Gasteiger partial charge in [-0.1, -0.05) is 40.3 Å². The number of hydrogen-bond acceptors (Lipinski definition) is 2. The topological polar surface area (TPSA) is 24.9 Å². The summed E-state index contributed by atoms with van der Waals surface area (Å²) in [5.74, 6) is 0. The van der Waals surface area contributed by atoms with Gasteiger partial charge in [0.2, 0.25) is 0 Å². The summed E-state index contributed by atoms with van der Waals surface area (Å²) in [4.78, 5) is 4.81. The van der Waals surface area contributed by atoms with Crippen LogP contribution in [0, 0.1) is 0 Å². The summed E-state index contributed by atoms with van der Waals surface area (Å²) in [7, 11) is 0. The number of benzene rings is 1. The van der Waals surface area contributed by atoms with E-state index in [1.807, 2.05) is 42.5 Å². The van der Waals surface area contributed by atoms with Crippen molar-refractivity contribution in [2.24, 2.45) is 0 Å². The van der Waals surface area contributed by atoms with E-state index in [1.54, 1.807) is 6.20 Å². The maximum atomic E-state index is 5.26. The van der Waals surface area contributed by atoms with Crippen molar-refractivity contribution in [2.45, 2.75) is 0 Å². The van der Waals surface area contributed by atoms with Gasteiger partial charge in [0.15, 0.2) is 0 Å². The van der Waals surface area contributed by atoms with Crippen LogP contribution in [-0.2, 0) is 0 Å². The predicted octanol–water partition coefficient (Wildman–Crippen LogP) is 3.63. The van der Waals surface area contributed by atoms with Crippen LogP contribution in [0.15, 0.2) is 53.1 Å². The maximum absolute atomic E-state index is 5.26. The van der Waals surface area contributed by atoms with Crippen LogP contribution in [0.25, 0.3) is 0 Å². The van der Waals surface area contributed by atoms with Crippen LogP contribution in [-0.4, -0.2) is 9.97 Å². The molecule has 0 aliphatic carbocycles. The Kier molecular flexibility index (Phi) is 3.64. The Hall–Kier alpha value is -1.26. The summed E-state index contributed by atoms with van der Waals surface area (Å²) in [5, 5.41) is 3.14. The van der Waals surface area contributed by atoms with Crippen LogP contribution in [0.5, 0.6) is 0 Å². The highest BCUT2D eigenvalue weighted by Crippen LogP contribution is 2.16. The number of nitrogens with one attached hydrogen (secondary N) is 1. The molecule has 1 aromatic heterocycles. The van der Waals surface area contributed by atoms with Gasteiger partial charge in [-0.05, 0) is 30.3 Å². The van der Waals surface area contributed by atoms with Gasteiger partial charge < -0.3 is 5.32 Å². The molecular formula is C12H9BrN2S. The van der Waals surface area contributed by atoms with E-state index in [0.29, 0.717) is 4.99 Å². The van der Waals surface area contributed by atoms with Crippen molar-refractivity contribution in [3.8, 4) is 0 Å². The molecule has 2 aromatic rings. The largest absolute Gasteiger partial charge is 0.345 e. The fourth-order valence-corrected chi connectivity index (χ4v) is 1.90. The quantitative estimate of drug-likeness (QED) is 0.856. The molecule has 0 saturated heterocycles. The van der Waals surface area contributed by atoms with Crippen LogP contribution < -0.4 is 5.32 Å². The van der Waals surface area contributed by atoms with Crippen LogP contribution in [0.3, 0.4) is 0 Å². The summed E-state index contributed by atoms with van der Waals surface area (Å²) in [6.07, 6.45) is 1.73. The third-order valence-electron chi connectivity index (χ3n) is 1.98. The van der Waals surface area contributed by atoms with E-state index < -0.39 is 0 Å². The predicted molar refractivity (Wildman–Crippen MR) is 73.7 cm³/mol. The van der Waals surface area contributed by atoms with E-state index in [9.17, 15) is 0 Å². The Morgan fingerprint density at radius 1 is 1.19 bits per heavy atom. The number of nitrogens with zero attached hydrogens (tertiary/aromatic N) is 1. The van der Waals surface area contributed by atoms with Gasteiger partial charge >= 0.3 is 0 Å². The number of thiocarbonyl (C=S) groups is 1. The van der Waals surface area contributed by atoms with Gasteiger partial charge in [0, 0.05) is 16.4 Å². The second-order valence-electron chi connectivity index (χ2n) is 3.18. The average molecular weight is 293 g/mol. The zero-order valence-electron chi connectivity index (χ0n) is 8.35. The lowest BCUT2D eigenvalue weighted by Gasteiger charge is -2.07. The minimum atomic E-state index is 0.624. The SMILES string of the molecule is S=C(Nc1cccc(Br)c1)c1ccccn1. The minimum Gasteiger partial charge on any atom is -0.345 e. The lowest BCUT2D eigenvalue weighted by atomic mass is 10.3. The lowest BCUT2D eigenvalue weighted by Crippen LogP contribution is -2.11. The van der Waals surface area contributed by atoms with Crippen molar-refractivity contribution in [3.05, 3.63) is 58.8 Å². The third-order valence-corrected chi connectivity index (χ3v) is 2.78. The molecule has 0 bridgehead atoms. The molecule has 0 aliphatic heterocycles. The van der Waals surface area contributed by atoms with Crippen LogP contribution in [0.2, 0.25) is 0 Å². The van der Waals surface area contributed by atoms with Gasteiger partial charge in [0.1, 0.15) is 4.99 Å². The smallest absolute Gasteiger partial charge is 0.129 e. The van der Waals surface area contributed by atoms with Gasteiger partial charge in [0.25, 0.3) is 0 Å². The van der Waals surface area contributed by atoms with Crippen molar-refractivity contribution in [1.29, 1.82) is 0 Å². The van der Waals surface area contributed by atoms with E-state index >= 15 is 0 Å². The molecule has 0 unspecified atom stereocenters. The van der Waals surface area contributed by atoms with Gasteiger partial charge in [-0.15, -0.1) is 0 Å². The van der Waals surface area contributed by atoms with Gasteiger partial charge in [-0.25, -0.2) is 0 Å². The molecule has 2 nitrogen and oxygen atoms in total. The van der Waals surface area contributed by atoms with E-state index in [0.717, 1.165) is 15.9 Å². The summed E-state index contributed by atoms with van der Waals surface area (Å²) in [5.41, 5.74) is 1.72. The number of halogens is 1. The Bertz CT molecular complexity index is 499. The molecule has 1 N–H and O–H groups in total. The zero-order valence-corrected chi connectivity index (χ0v) is 10.8. The van der Waals surface area contributed by atoms with Crippen molar-refractivity contribution < 1.29 is 0 Å². The molecule has 0 atom stereocenters. The second-order valence-corrected chi connectivity index (χ2v) is 4.50. The monoisotopic (exact) mass is 292 g/mol. The van der Waals surface area contributed by atoms with Gasteiger partial charge in [-0.2, -0.15) is 0 Å². The Morgan fingerprint density at radius 2 is 2.06 bits per heavy atom. The molecule has 4 heteroatoms. The molecule has 80 valence electrons. The highest BCUT2D eigenvalue weighted by atomic mass is 79.9. The molecule has 0 saturated carbocycles. The highest BCUT2D eigenvalue weighted by Gasteiger charge is 2.01. The number of hydrogen-bond donors (Lipinski definition) is 1. The summed E-state index contributed by atoms with van der Waals surface area (Å²) in [6.45, 7) is 0. The fraction of sp³-hybridized carbons (Fsp3) is 0. The maximum Gasteiger partial charge on any atom is 0.129 e. The molecule has 2 rings (SSSR count). The average Bonchev–Trinajstić information content (AvgIpc) is 2.30. The lowest BCUT2D eigenvalue weighted by molar-refractivity contribution is 1.30. The summed E-state index contributed by atoms with van der Waals surface area (Å²) >= 11 is 8.67. The molecule has 1 heterocycles. The molecule has 0 aliphatic rings. The number of anilines is 1. The normalized spacial score (nSPS) is 9.81. The number of pyridine rings is 1. The van der Waals surface area contributed by atoms with Crippen LogP contribution >= 0.6 is 28.1 Å². The van der Waals surface area contributed by atoms with Crippen LogP contribution in [0.4, 0.5) is 5.69 Å². The zero-order chi connectivity index (χ0) is 11.4. The Labute approximate surface area is 108 Å². The molecule has 0 fully saturated rings. The Morgan fingerprint density at radius 3 is 2.75 bits per heavy atom. The fourth-order valence-electron chi connectivity index (χ4n) is 1.26. The number of rotatable bonds is 2. The molecule has 16 heavy (non-hydrogen) atoms. The highest BCUT2D eigenvalue weighted by molar-refractivity contribution is 9.10. The molecule has 1 aromatic carbocycles. The van der Waals surface area contributed by atoms with E-state index in [-0.39, 0.29) is 0 Å². The van der Waals surface area contributed by atoms with Gasteiger partial charge in [-0.3, -0.25) is 4.98 Å². The standard InChI is InChI=1S/C12H9BrN2S/c13-9-4-3-5-10(8-9)15-12(16)11-6-1-2-7-14-11/h1-8H,(H,15,16). The van der Waals surface area contributed by atoms with Gasteiger partial charge in [0.05, 0.1) is 5.69 Å².